The first-order valence-corrected chi connectivity index (χ1v) is 8.04. The van der Waals surface area contributed by atoms with Crippen LogP contribution in [0.1, 0.15) is 16.2 Å². The lowest BCUT2D eigenvalue weighted by atomic mass is 10.2. The van der Waals surface area contributed by atoms with E-state index in [1.54, 1.807) is 31.4 Å². The fourth-order valence-electron chi connectivity index (χ4n) is 2.24. The summed E-state index contributed by atoms with van der Waals surface area (Å²) in [6.07, 6.45) is 0.434. The molecule has 128 valence electrons. The van der Waals surface area contributed by atoms with E-state index in [0.717, 1.165) is 5.56 Å². The van der Waals surface area contributed by atoms with Crippen molar-refractivity contribution in [3.63, 3.8) is 0 Å². The van der Waals surface area contributed by atoms with E-state index in [9.17, 15) is 4.79 Å². The smallest absolute Gasteiger partial charge is 0.251 e. The minimum Gasteiger partial charge on any atom is -0.497 e. The van der Waals surface area contributed by atoms with Crippen LogP contribution in [0.5, 0.6) is 5.75 Å². The van der Waals surface area contributed by atoms with Crippen molar-refractivity contribution in [2.24, 2.45) is 0 Å². The van der Waals surface area contributed by atoms with Gasteiger partial charge in [-0.15, -0.1) is 10.2 Å². The summed E-state index contributed by atoms with van der Waals surface area (Å²) in [4.78, 5) is 12.0. The SMILES string of the molecule is COc1cccc(-c2nnc(CCNC(=O)c3cccc(Cl)c3)o2)c1. The Morgan fingerprint density at radius 1 is 1.20 bits per heavy atom. The highest BCUT2D eigenvalue weighted by Gasteiger charge is 2.10. The summed E-state index contributed by atoms with van der Waals surface area (Å²) < 4.78 is 10.8. The molecule has 0 spiro atoms. The van der Waals surface area contributed by atoms with Crippen LogP contribution in [0.2, 0.25) is 5.02 Å². The predicted octanol–water partition coefficient (Wildman–Crippen LogP) is 3.37. The molecule has 3 aromatic rings. The van der Waals surface area contributed by atoms with Gasteiger partial charge >= 0.3 is 0 Å². The van der Waals surface area contributed by atoms with Crippen molar-refractivity contribution in [3.05, 3.63) is 65.0 Å². The third-order valence-corrected chi connectivity index (χ3v) is 3.73. The molecular formula is C18H16ClN3O3. The summed E-state index contributed by atoms with van der Waals surface area (Å²) in [6.45, 7) is 0.380. The van der Waals surface area contributed by atoms with Crippen molar-refractivity contribution < 1.29 is 13.9 Å². The molecule has 0 aliphatic heterocycles. The topological polar surface area (TPSA) is 77.3 Å². The number of methoxy groups -OCH3 is 1. The summed E-state index contributed by atoms with van der Waals surface area (Å²) in [5.74, 6) is 1.38. The lowest BCUT2D eigenvalue weighted by Gasteiger charge is -2.03. The Morgan fingerprint density at radius 3 is 2.84 bits per heavy atom. The van der Waals surface area contributed by atoms with Gasteiger partial charge in [-0.2, -0.15) is 0 Å². The van der Waals surface area contributed by atoms with Gasteiger partial charge in [-0.25, -0.2) is 0 Å². The normalized spacial score (nSPS) is 10.5. The number of hydrogen-bond acceptors (Lipinski definition) is 5. The molecule has 1 aromatic heterocycles. The van der Waals surface area contributed by atoms with Crippen LogP contribution < -0.4 is 10.1 Å². The van der Waals surface area contributed by atoms with Gasteiger partial charge in [0.2, 0.25) is 11.8 Å². The molecule has 0 aliphatic carbocycles. The van der Waals surface area contributed by atoms with Crippen LogP contribution in [0.15, 0.2) is 52.9 Å². The molecule has 3 rings (SSSR count). The van der Waals surface area contributed by atoms with Crippen LogP contribution in [-0.4, -0.2) is 29.8 Å². The van der Waals surface area contributed by atoms with Gasteiger partial charge in [0.05, 0.1) is 7.11 Å². The number of carbonyl (C=O) groups excluding carboxylic acids is 1. The van der Waals surface area contributed by atoms with Crippen molar-refractivity contribution in [1.82, 2.24) is 15.5 Å². The maximum absolute atomic E-state index is 12.0. The molecule has 1 heterocycles. The lowest BCUT2D eigenvalue weighted by Crippen LogP contribution is -2.25. The number of nitrogens with zero attached hydrogens (tertiary/aromatic N) is 2. The van der Waals surface area contributed by atoms with E-state index in [4.69, 9.17) is 20.8 Å². The van der Waals surface area contributed by atoms with Gasteiger partial charge in [-0.1, -0.05) is 23.7 Å². The minimum absolute atomic E-state index is 0.199. The molecule has 7 heteroatoms. The van der Waals surface area contributed by atoms with Crippen LogP contribution in [-0.2, 0) is 6.42 Å². The predicted molar refractivity (Wildman–Crippen MR) is 93.8 cm³/mol. The second-order valence-corrected chi connectivity index (χ2v) is 5.69. The highest BCUT2D eigenvalue weighted by Crippen LogP contribution is 2.22. The van der Waals surface area contributed by atoms with Crippen molar-refractivity contribution in [2.75, 3.05) is 13.7 Å². The van der Waals surface area contributed by atoms with Gasteiger partial charge in [0.15, 0.2) is 0 Å². The quantitative estimate of drug-likeness (QED) is 0.731. The average Bonchev–Trinajstić information content (AvgIpc) is 3.10. The number of aromatic nitrogens is 2. The zero-order valence-corrected chi connectivity index (χ0v) is 14.3. The van der Waals surface area contributed by atoms with Crippen LogP contribution in [0, 0.1) is 0 Å². The Morgan fingerprint density at radius 2 is 2.04 bits per heavy atom. The fourth-order valence-corrected chi connectivity index (χ4v) is 2.43. The minimum atomic E-state index is -0.199. The van der Waals surface area contributed by atoms with E-state index in [1.807, 2.05) is 24.3 Å². The molecule has 0 unspecified atom stereocenters. The van der Waals surface area contributed by atoms with Crippen molar-refractivity contribution >= 4 is 17.5 Å². The number of benzene rings is 2. The average molecular weight is 358 g/mol. The molecule has 0 aliphatic rings. The van der Waals surface area contributed by atoms with Crippen LogP contribution in [0.3, 0.4) is 0 Å². The molecule has 2 aromatic carbocycles. The Kier molecular flexibility index (Phi) is 5.30. The molecule has 1 N–H and O–H groups in total. The number of carbonyl (C=O) groups is 1. The van der Waals surface area contributed by atoms with Crippen LogP contribution >= 0.6 is 11.6 Å². The molecule has 6 nitrogen and oxygen atoms in total. The van der Waals surface area contributed by atoms with Crippen molar-refractivity contribution in [2.45, 2.75) is 6.42 Å². The Labute approximate surface area is 149 Å². The second kappa shape index (κ2) is 7.81. The number of rotatable bonds is 6. The summed E-state index contributed by atoms with van der Waals surface area (Å²) in [7, 11) is 1.60. The first-order chi connectivity index (χ1) is 12.2. The molecule has 0 saturated carbocycles. The van der Waals surface area contributed by atoms with E-state index in [0.29, 0.717) is 41.1 Å². The number of nitrogens with one attached hydrogen (secondary N) is 1. The van der Waals surface area contributed by atoms with Crippen LogP contribution in [0.4, 0.5) is 0 Å². The first-order valence-electron chi connectivity index (χ1n) is 7.66. The van der Waals surface area contributed by atoms with Gasteiger partial charge in [-0.05, 0) is 36.4 Å². The molecule has 0 fully saturated rings. The number of hydrogen-bond donors (Lipinski definition) is 1. The zero-order chi connectivity index (χ0) is 17.6. The molecular weight excluding hydrogens is 342 g/mol. The van der Waals surface area contributed by atoms with E-state index in [1.165, 1.54) is 0 Å². The second-order valence-electron chi connectivity index (χ2n) is 5.25. The molecule has 0 atom stereocenters. The Hall–Kier alpha value is -2.86. The maximum Gasteiger partial charge on any atom is 0.251 e. The summed E-state index contributed by atoms with van der Waals surface area (Å²) in [6, 6.07) is 14.1. The summed E-state index contributed by atoms with van der Waals surface area (Å²) >= 11 is 5.88. The number of amides is 1. The zero-order valence-electron chi connectivity index (χ0n) is 13.5. The maximum atomic E-state index is 12.0. The highest BCUT2D eigenvalue weighted by atomic mass is 35.5. The molecule has 25 heavy (non-hydrogen) atoms. The Balaban J connectivity index is 1.57. The third-order valence-electron chi connectivity index (χ3n) is 3.49. The van der Waals surface area contributed by atoms with Gasteiger partial charge in [0, 0.05) is 29.1 Å². The highest BCUT2D eigenvalue weighted by molar-refractivity contribution is 6.30. The van der Waals surface area contributed by atoms with Gasteiger partial charge in [0.25, 0.3) is 5.91 Å². The molecule has 0 radical (unpaired) electrons. The van der Waals surface area contributed by atoms with Crippen molar-refractivity contribution in [3.8, 4) is 17.2 Å². The molecule has 1 amide bonds. The van der Waals surface area contributed by atoms with Gasteiger partial charge in [-0.3, -0.25) is 4.79 Å². The molecule has 0 saturated heterocycles. The third kappa shape index (κ3) is 4.36. The number of ether oxygens (including phenoxy) is 1. The number of halogens is 1. The molecule has 0 bridgehead atoms. The standard InChI is InChI=1S/C18H16ClN3O3/c1-24-15-7-3-5-13(11-15)18-22-21-16(25-18)8-9-20-17(23)12-4-2-6-14(19)10-12/h2-7,10-11H,8-9H2,1H3,(H,20,23). The van der Waals surface area contributed by atoms with E-state index < -0.39 is 0 Å². The summed E-state index contributed by atoms with van der Waals surface area (Å²) in [5, 5.41) is 11.3. The van der Waals surface area contributed by atoms with E-state index >= 15 is 0 Å². The van der Waals surface area contributed by atoms with Crippen LogP contribution in [0.25, 0.3) is 11.5 Å². The summed E-state index contributed by atoms with van der Waals surface area (Å²) in [5.41, 5.74) is 1.29. The Bertz CT molecular complexity index is 879. The van der Waals surface area contributed by atoms with Crippen molar-refractivity contribution in [1.29, 1.82) is 0 Å². The van der Waals surface area contributed by atoms with E-state index in [-0.39, 0.29) is 5.91 Å². The first kappa shape index (κ1) is 17.0. The van der Waals surface area contributed by atoms with E-state index in [2.05, 4.69) is 15.5 Å². The fraction of sp³-hybridized carbons (Fsp3) is 0.167. The monoisotopic (exact) mass is 357 g/mol. The lowest BCUT2D eigenvalue weighted by molar-refractivity contribution is 0.0953. The van der Waals surface area contributed by atoms with Gasteiger partial charge < -0.3 is 14.5 Å². The van der Waals surface area contributed by atoms with Gasteiger partial charge in [0.1, 0.15) is 5.75 Å². The largest absolute Gasteiger partial charge is 0.497 e.